The van der Waals surface area contributed by atoms with Crippen LogP contribution in [0.4, 0.5) is 0 Å². The van der Waals surface area contributed by atoms with Gasteiger partial charge in [-0.2, -0.15) is 0 Å². The third-order valence-corrected chi connectivity index (χ3v) is 2.34. The number of carbonyl (C=O) groups excluding carboxylic acids is 2. The average Bonchev–Trinajstić information content (AvgIpc) is 2.28. The summed E-state index contributed by atoms with van der Waals surface area (Å²) in [5.74, 6) is 0.393. The van der Waals surface area contributed by atoms with Crippen LogP contribution in [0.15, 0.2) is 12.3 Å². The third kappa shape index (κ3) is 0.803. The first kappa shape index (κ1) is 6.58. The highest BCUT2D eigenvalue weighted by Gasteiger charge is 2.42. The van der Waals surface area contributed by atoms with Gasteiger partial charge < -0.3 is 4.90 Å². The SMILES string of the molecule is O=[C]CC1C=CN2C(=O)CC12. The van der Waals surface area contributed by atoms with E-state index >= 15 is 0 Å². The number of amides is 1. The van der Waals surface area contributed by atoms with E-state index in [9.17, 15) is 9.59 Å². The van der Waals surface area contributed by atoms with Crippen LogP contribution in [0.5, 0.6) is 0 Å². The minimum Gasteiger partial charge on any atom is -0.315 e. The molecule has 1 radical (unpaired) electrons. The number of nitrogens with zero attached hydrogens (tertiary/aromatic N) is 1. The Morgan fingerprint density at radius 2 is 2.55 bits per heavy atom. The van der Waals surface area contributed by atoms with Gasteiger partial charge in [0.15, 0.2) is 6.29 Å². The molecule has 0 bridgehead atoms. The van der Waals surface area contributed by atoms with Crippen LogP contribution in [0.25, 0.3) is 0 Å². The zero-order valence-corrected chi connectivity index (χ0v) is 5.99. The summed E-state index contributed by atoms with van der Waals surface area (Å²) in [6.07, 6.45) is 6.58. The largest absolute Gasteiger partial charge is 0.315 e. The highest BCUT2D eigenvalue weighted by molar-refractivity contribution is 5.85. The van der Waals surface area contributed by atoms with Gasteiger partial charge in [0.2, 0.25) is 5.91 Å². The van der Waals surface area contributed by atoms with Gasteiger partial charge in [0.05, 0.1) is 6.04 Å². The van der Waals surface area contributed by atoms with Crippen molar-refractivity contribution in [1.82, 2.24) is 4.90 Å². The third-order valence-electron chi connectivity index (χ3n) is 2.34. The zero-order chi connectivity index (χ0) is 7.84. The molecule has 11 heavy (non-hydrogen) atoms. The van der Waals surface area contributed by atoms with E-state index in [-0.39, 0.29) is 17.9 Å². The predicted octanol–water partition coefficient (Wildman–Crippen LogP) is 0.231. The second-order valence-corrected chi connectivity index (χ2v) is 2.93. The Kier molecular flexibility index (Phi) is 1.31. The average molecular weight is 150 g/mol. The molecular weight excluding hydrogens is 142 g/mol. The van der Waals surface area contributed by atoms with E-state index < -0.39 is 0 Å². The molecule has 2 aliphatic heterocycles. The van der Waals surface area contributed by atoms with Crippen molar-refractivity contribution in [2.24, 2.45) is 5.92 Å². The van der Waals surface area contributed by atoms with Gasteiger partial charge in [0.25, 0.3) is 0 Å². The second-order valence-electron chi connectivity index (χ2n) is 2.93. The molecule has 2 unspecified atom stereocenters. The van der Waals surface area contributed by atoms with Gasteiger partial charge in [0.1, 0.15) is 0 Å². The van der Waals surface area contributed by atoms with Gasteiger partial charge in [-0.25, -0.2) is 0 Å². The van der Waals surface area contributed by atoms with Crippen LogP contribution in [0.3, 0.4) is 0 Å². The molecule has 2 heterocycles. The molecule has 1 amide bonds. The molecule has 0 aliphatic carbocycles. The van der Waals surface area contributed by atoms with E-state index in [1.165, 1.54) is 0 Å². The molecule has 2 rings (SSSR count). The number of carbonyl (C=O) groups is 1. The maximum atomic E-state index is 10.8. The fraction of sp³-hybridized carbons (Fsp3) is 0.500. The Hall–Kier alpha value is -1.12. The Morgan fingerprint density at radius 1 is 1.73 bits per heavy atom. The molecule has 1 fully saturated rings. The van der Waals surface area contributed by atoms with Crippen molar-refractivity contribution in [3.05, 3.63) is 12.3 Å². The quantitative estimate of drug-likeness (QED) is 0.528. The molecular formula is C8H8NO2. The molecule has 0 saturated carbocycles. The minimum absolute atomic E-state index is 0.166. The predicted molar refractivity (Wildman–Crippen MR) is 38.2 cm³/mol. The summed E-state index contributed by atoms with van der Waals surface area (Å²) in [5, 5.41) is 0. The zero-order valence-electron chi connectivity index (χ0n) is 5.99. The first-order chi connectivity index (χ1) is 5.33. The van der Waals surface area contributed by atoms with Gasteiger partial charge in [0, 0.05) is 25.0 Å². The van der Waals surface area contributed by atoms with Crippen molar-refractivity contribution in [3.8, 4) is 0 Å². The Labute approximate surface area is 64.7 Å². The Balaban J connectivity index is 2.04. The number of β-lactam (4-membered cyclic amide) rings is 1. The fourth-order valence-electron chi connectivity index (χ4n) is 1.64. The van der Waals surface area contributed by atoms with E-state index in [0.717, 1.165) is 0 Å². The van der Waals surface area contributed by atoms with Crippen LogP contribution in [0, 0.1) is 5.92 Å². The van der Waals surface area contributed by atoms with Crippen LogP contribution >= 0.6 is 0 Å². The number of hydrogen-bond donors (Lipinski definition) is 0. The summed E-state index contributed by atoms with van der Waals surface area (Å²) in [7, 11) is 0. The number of hydrogen-bond acceptors (Lipinski definition) is 2. The van der Waals surface area contributed by atoms with Gasteiger partial charge in [-0.15, -0.1) is 0 Å². The maximum Gasteiger partial charge on any atom is 0.228 e. The molecule has 0 aromatic carbocycles. The Bertz CT molecular complexity index is 234. The van der Waals surface area contributed by atoms with E-state index in [4.69, 9.17) is 0 Å². The van der Waals surface area contributed by atoms with Crippen molar-refractivity contribution in [2.45, 2.75) is 18.9 Å². The van der Waals surface area contributed by atoms with Crippen molar-refractivity contribution in [2.75, 3.05) is 0 Å². The second kappa shape index (κ2) is 2.19. The standard InChI is InChI=1S/C8H8NO2/c10-4-2-6-1-3-9-7(6)5-8(9)11/h1,3,6-7H,2,5H2. The number of rotatable bonds is 2. The molecule has 57 valence electrons. The highest BCUT2D eigenvalue weighted by atomic mass is 16.2. The smallest absolute Gasteiger partial charge is 0.228 e. The molecule has 0 aromatic rings. The first-order valence-electron chi connectivity index (χ1n) is 3.67. The maximum absolute atomic E-state index is 10.8. The van der Waals surface area contributed by atoms with E-state index in [2.05, 4.69) is 0 Å². The molecule has 0 aromatic heterocycles. The van der Waals surface area contributed by atoms with Gasteiger partial charge in [-0.1, -0.05) is 6.08 Å². The summed E-state index contributed by atoms with van der Waals surface area (Å²) in [6.45, 7) is 0. The molecule has 2 aliphatic rings. The van der Waals surface area contributed by atoms with E-state index in [0.29, 0.717) is 12.8 Å². The fourth-order valence-corrected chi connectivity index (χ4v) is 1.64. The van der Waals surface area contributed by atoms with Crippen LogP contribution in [0.1, 0.15) is 12.8 Å². The van der Waals surface area contributed by atoms with E-state index in [1.54, 1.807) is 11.1 Å². The summed E-state index contributed by atoms with van der Waals surface area (Å²) in [4.78, 5) is 22.6. The molecule has 3 nitrogen and oxygen atoms in total. The van der Waals surface area contributed by atoms with Crippen molar-refractivity contribution in [3.63, 3.8) is 0 Å². The molecule has 0 N–H and O–H groups in total. The van der Waals surface area contributed by atoms with Crippen molar-refractivity contribution >= 4 is 12.2 Å². The molecule has 3 heteroatoms. The summed E-state index contributed by atoms with van der Waals surface area (Å²) >= 11 is 0. The number of fused-ring (bicyclic) bond motifs is 1. The lowest BCUT2D eigenvalue weighted by Gasteiger charge is -2.36. The van der Waals surface area contributed by atoms with E-state index in [1.807, 2.05) is 12.4 Å². The minimum atomic E-state index is 0.166. The lowest BCUT2D eigenvalue weighted by Crippen LogP contribution is -2.49. The van der Waals surface area contributed by atoms with Crippen molar-refractivity contribution in [1.29, 1.82) is 0 Å². The van der Waals surface area contributed by atoms with Crippen LogP contribution in [-0.2, 0) is 9.59 Å². The van der Waals surface area contributed by atoms with Gasteiger partial charge >= 0.3 is 0 Å². The topological polar surface area (TPSA) is 37.4 Å². The summed E-state index contributed by atoms with van der Waals surface area (Å²) in [6, 6.07) is 0.268. The molecule has 0 spiro atoms. The normalized spacial score (nSPS) is 33.5. The lowest BCUT2D eigenvalue weighted by atomic mass is 9.91. The molecule has 2 atom stereocenters. The van der Waals surface area contributed by atoms with Gasteiger partial charge in [-0.3, -0.25) is 9.59 Å². The Morgan fingerprint density at radius 3 is 3.09 bits per heavy atom. The lowest BCUT2D eigenvalue weighted by molar-refractivity contribution is -0.141. The van der Waals surface area contributed by atoms with Crippen LogP contribution in [-0.4, -0.2) is 23.1 Å². The van der Waals surface area contributed by atoms with Crippen LogP contribution in [0.2, 0.25) is 0 Å². The molecule has 1 saturated heterocycles. The first-order valence-corrected chi connectivity index (χ1v) is 3.67. The summed E-state index contributed by atoms with van der Waals surface area (Å²) in [5.41, 5.74) is 0. The highest BCUT2D eigenvalue weighted by Crippen LogP contribution is 2.34. The van der Waals surface area contributed by atoms with Crippen molar-refractivity contribution < 1.29 is 9.59 Å². The monoisotopic (exact) mass is 150 g/mol. The van der Waals surface area contributed by atoms with Gasteiger partial charge in [-0.05, 0) is 0 Å². The summed E-state index contributed by atoms with van der Waals surface area (Å²) < 4.78 is 0. The van der Waals surface area contributed by atoms with Crippen LogP contribution < -0.4 is 0 Å².